The number of nitrogens with zero attached hydrogens (tertiary/aromatic N) is 1. The van der Waals surface area contributed by atoms with Crippen molar-refractivity contribution >= 4 is 39.1 Å². The Kier molecular flexibility index (Phi) is 8.03. The van der Waals surface area contributed by atoms with Crippen molar-refractivity contribution in [3.63, 3.8) is 0 Å². The van der Waals surface area contributed by atoms with Gasteiger partial charge in [-0.2, -0.15) is 0 Å². The SMILES string of the molecule is CN(C)S(=O)(=O)c1cc(C(=O)NC[C@H](c2ccccc2)C2CCCCC2)c(Cl)cc1Cl. The van der Waals surface area contributed by atoms with Gasteiger partial charge in [-0.1, -0.05) is 72.8 Å². The maximum Gasteiger partial charge on any atom is 0.252 e. The summed E-state index contributed by atoms with van der Waals surface area (Å²) >= 11 is 12.4. The molecule has 0 bridgehead atoms. The first-order valence-corrected chi connectivity index (χ1v) is 12.7. The van der Waals surface area contributed by atoms with Gasteiger partial charge in [0, 0.05) is 26.6 Å². The molecular formula is C23H28Cl2N2O3S. The van der Waals surface area contributed by atoms with Crippen molar-refractivity contribution in [2.24, 2.45) is 5.92 Å². The average molecular weight is 483 g/mol. The Balaban J connectivity index is 1.84. The van der Waals surface area contributed by atoms with E-state index in [-0.39, 0.29) is 26.4 Å². The van der Waals surface area contributed by atoms with Crippen molar-refractivity contribution in [1.82, 2.24) is 9.62 Å². The van der Waals surface area contributed by atoms with Gasteiger partial charge < -0.3 is 5.32 Å². The van der Waals surface area contributed by atoms with Crippen molar-refractivity contribution in [3.8, 4) is 0 Å². The normalized spacial score (nSPS) is 16.3. The smallest absolute Gasteiger partial charge is 0.252 e. The van der Waals surface area contributed by atoms with E-state index in [0.717, 1.165) is 17.1 Å². The number of benzene rings is 2. The van der Waals surface area contributed by atoms with E-state index in [1.165, 1.54) is 51.1 Å². The number of carbonyl (C=O) groups excluding carboxylic acids is 1. The third kappa shape index (κ3) is 5.61. The fourth-order valence-electron chi connectivity index (χ4n) is 4.19. The summed E-state index contributed by atoms with van der Waals surface area (Å²) in [6, 6.07) is 12.8. The molecule has 0 spiro atoms. The molecule has 168 valence electrons. The van der Waals surface area contributed by atoms with Gasteiger partial charge in [0.15, 0.2) is 0 Å². The highest BCUT2D eigenvalue weighted by Gasteiger charge is 2.27. The van der Waals surface area contributed by atoms with Gasteiger partial charge in [0.1, 0.15) is 4.90 Å². The molecule has 1 atom stereocenters. The second kappa shape index (κ2) is 10.3. The van der Waals surface area contributed by atoms with E-state index in [4.69, 9.17) is 23.2 Å². The van der Waals surface area contributed by atoms with Crippen molar-refractivity contribution in [3.05, 3.63) is 63.6 Å². The lowest BCUT2D eigenvalue weighted by Gasteiger charge is -2.31. The highest BCUT2D eigenvalue weighted by molar-refractivity contribution is 7.89. The quantitative estimate of drug-likeness (QED) is 0.578. The van der Waals surface area contributed by atoms with Crippen molar-refractivity contribution in [2.75, 3.05) is 20.6 Å². The Bertz CT molecular complexity index is 1020. The molecule has 0 saturated heterocycles. The topological polar surface area (TPSA) is 66.5 Å². The van der Waals surface area contributed by atoms with Crippen LogP contribution in [0.5, 0.6) is 0 Å². The van der Waals surface area contributed by atoms with E-state index in [1.54, 1.807) is 0 Å². The number of rotatable bonds is 7. The third-order valence-corrected chi connectivity index (χ3v) is 8.55. The van der Waals surface area contributed by atoms with Crippen LogP contribution in [0.2, 0.25) is 10.0 Å². The minimum Gasteiger partial charge on any atom is -0.351 e. The van der Waals surface area contributed by atoms with E-state index in [1.807, 2.05) is 18.2 Å². The summed E-state index contributed by atoms with van der Waals surface area (Å²) in [7, 11) is -0.986. The monoisotopic (exact) mass is 482 g/mol. The van der Waals surface area contributed by atoms with Gasteiger partial charge in [0.2, 0.25) is 10.0 Å². The molecule has 1 N–H and O–H groups in total. The minimum absolute atomic E-state index is 0.0142. The van der Waals surface area contributed by atoms with E-state index < -0.39 is 15.9 Å². The molecule has 1 fully saturated rings. The molecule has 3 rings (SSSR count). The van der Waals surface area contributed by atoms with Crippen LogP contribution in [0.1, 0.15) is 53.9 Å². The molecule has 0 radical (unpaired) electrons. The molecule has 1 amide bonds. The zero-order valence-electron chi connectivity index (χ0n) is 17.8. The molecular weight excluding hydrogens is 455 g/mol. The Morgan fingerprint density at radius 2 is 1.71 bits per heavy atom. The van der Waals surface area contributed by atoms with E-state index in [2.05, 4.69) is 17.4 Å². The Hall–Kier alpha value is -1.60. The second-order valence-corrected chi connectivity index (χ2v) is 11.1. The zero-order chi connectivity index (χ0) is 22.6. The highest BCUT2D eigenvalue weighted by atomic mass is 35.5. The molecule has 8 heteroatoms. The summed E-state index contributed by atoms with van der Waals surface area (Å²) in [6.07, 6.45) is 5.95. The summed E-state index contributed by atoms with van der Waals surface area (Å²) < 4.78 is 26.2. The maximum absolute atomic E-state index is 13.0. The number of hydrogen-bond donors (Lipinski definition) is 1. The average Bonchev–Trinajstić information content (AvgIpc) is 2.75. The molecule has 2 aromatic rings. The lowest BCUT2D eigenvalue weighted by Crippen LogP contribution is -2.32. The van der Waals surface area contributed by atoms with Gasteiger partial charge in [-0.25, -0.2) is 12.7 Å². The number of sulfonamides is 1. The number of halogens is 2. The molecule has 1 saturated carbocycles. The van der Waals surface area contributed by atoms with Crippen LogP contribution < -0.4 is 5.32 Å². The first-order chi connectivity index (χ1) is 14.7. The van der Waals surface area contributed by atoms with Crippen LogP contribution in [-0.4, -0.2) is 39.3 Å². The minimum atomic E-state index is -3.81. The summed E-state index contributed by atoms with van der Waals surface area (Å²) in [5.41, 5.74) is 1.30. The predicted octanol–water partition coefficient (Wildman–Crippen LogP) is 5.34. The van der Waals surface area contributed by atoms with Gasteiger partial charge in [-0.3, -0.25) is 4.79 Å². The molecule has 1 aliphatic rings. The standard InChI is InChI=1S/C23H28Cl2N2O3S/c1-27(2)31(29,30)22-13-18(20(24)14-21(22)25)23(28)26-15-19(16-9-5-3-6-10-16)17-11-7-4-8-12-17/h3,5-6,9-10,13-14,17,19H,4,7-8,11-12,15H2,1-2H3,(H,26,28)/t19-/m1/s1. The first-order valence-electron chi connectivity index (χ1n) is 10.5. The first kappa shape index (κ1) is 24.1. The van der Waals surface area contributed by atoms with Crippen LogP contribution in [0.3, 0.4) is 0 Å². The predicted molar refractivity (Wildman–Crippen MR) is 125 cm³/mol. The maximum atomic E-state index is 13.0. The summed E-state index contributed by atoms with van der Waals surface area (Å²) in [4.78, 5) is 12.9. The van der Waals surface area contributed by atoms with Gasteiger partial charge in [0.25, 0.3) is 5.91 Å². The summed E-state index contributed by atoms with van der Waals surface area (Å²) in [6.45, 7) is 0.461. The van der Waals surface area contributed by atoms with Crippen molar-refractivity contribution < 1.29 is 13.2 Å². The molecule has 1 aliphatic carbocycles. The third-order valence-electron chi connectivity index (χ3n) is 5.95. The van der Waals surface area contributed by atoms with Crippen LogP contribution >= 0.6 is 23.2 Å². The highest BCUT2D eigenvalue weighted by Crippen LogP contribution is 2.36. The Morgan fingerprint density at radius 1 is 1.06 bits per heavy atom. The summed E-state index contributed by atoms with van der Waals surface area (Å²) in [5.74, 6) is 0.289. The molecule has 0 aliphatic heterocycles. The molecule has 0 unspecified atom stereocenters. The van der Waals surface area contributed by atoms with E-state index >= 15 is 0 Å². The Morgan fingerprint density at radius 3 is 2.32 bits per heavy atom. The number of nitrogens with one attached hydrogen (secondary N) is 1. The van der Waals surface area contributed by atoms with Crippen LogP contribution in [-0.2, 0) is 10.0 Å². The molecule has 0 aromatic heterocycles. The lowest BCUT2D eigenvalue weighted by molar-refractivity contribution is 0.0946. The van der Waals surface area contributed by atoms with Crippen LogP contribution in [0, 0.1) is 5.92 Å². The van der Waals surface area contributed by atoms with E-state index in [0.29, 0.717) is 12.5 Å². The van der Waals surface area contributed by atoms with E-state index in [9.17, 15) is 13.2 Å². The van der Waals surface area contributed by atoms with Crippen LogP contribution in [0.4, 0.5) is 0 Å². The molecule has 5 nitrogen and oxygen atoms in total. The van der Waals surface area contributed by atoms with Crippen molar-refractivity contribution in [1.29, 1.82) is 0 Å². The molecule has 2 aromatic carbocycles. The number of amides is 1. The lowest BCUT2D eigenvalue weighted by atomic mass is 9.77. The largest absolute Gasteiger partial charge is 0.351 e. The van der Waals surface area contributed by atoms with Gasteiger partial charge in [-0.05, 0) is 36.5 Å². The molecule has 31 heavy (non-hydrogen) atoms. The zero-order valence-corrected chi connectivity index (χ0v) is 20.1. The second-order valence-electron chi connectivity index (χ2n) is 8.18. The number of carbonyl (C=O) groups is 1. The summed E-state index contributed by atoms with van der Waals surface area (Å²) in [5, 5.41) is 3.09. The van der Waals surface area contributed by atoms with Gasteiger partial charge in [-0.15, -0.1) is 0 Å². The van der Waals surface area contributed by atoms with Crippen molar-refractivity contribution in [2.45, 2.75) is 42.9 Å². The van der Waals surface area contributed by atoms with Gasteiger partial charge in [0.05, 0.1) is 15.6 Å². The number of hydrogen-bond acceptors (Lipinski definition) is 3. The molecule has 0 heterocycles. The fraction of sp³-hybridized carbons (Fsp3) is 0.435. The van der Waals surface area contributed by atoms with Gasteiger partial charge >= 0.3 is 0 Å². The fourth-order valence-corrected chi connectivity index (χ4v) is 5.92. The van der Waals surface area contributed by atoms with Crippen LogP contribution in [0.15, 0.2) is 47.4 Å². The Labute approximate surface area is 194 Å². The van der Waals surface area contributed by atoms with Crippen LogP contribution in [0.25, 0.3) is 0 Å².